The lowest BCUT2D eigenvalue weighted by Crippen LogP contribution is -2.34. The maximum Gasteiger partial charge on any atom is 0.247 e. The summed E-state index contributed by atoms with van der Waals surface area (Å²) in [4.78, 5) is 28.5. The first-order valence-electron chi connectivity index (χ1n) is 8.33. The normalized spacial score (nSPS) is 20.9. The highest BCUT2D eigenvalue weighted by atomic mass is 16.2. The van der Waals surface area contributed by atoms with Crippen LogP contribution in [0.1, 0.15) is 18.1 Å². The fraction of sp³-hybridized carbons (Fsp3) is 0.368. The molecule has 3 rings (SSSR count). The van der Waals surface area contributed by atoms with Gasteiger partial charge in [-0.25, -0.2) is 0 Å². The van der Waals surface area contributed by atoms with Crippen LogP contribution in [-0.2, 0) is 17.9 Å². The van der Waals surface area contributed by atoms with Crippen molar-refractivity contribution < 1.29 is 4.79 Å². The Labute approximate surface area is 141 Å². The first-order chi connectivity index (χ1) is 11.6. The van der Waals surface area contributed by atoms with Crippen LogP contribution in [0.25, 0.3) is 0 Å². The molecule has 0 bridgehead atoms. The fourth-order valence-corrected chi connectivity index (χ4v) is 3.25. The number of aromatic amines is 1. The number of hydrogen-bond acceptors (Lipinski definition) is 3. The second kappa shape index (κ2) is 7.45. The molecule has 2 atom stereocenters. The second-order valence-electron chi connectivity index (χ2n) is 6.54. The standard InChI is InChI=1S/C19H23N3O2/c1-14-11-22(12-15-5-3-2-4-6-15)13-17(14)19(24)21-10-16-7-8-18(23)20-9-16/h2-9,14,17H,10-13H2,1H3,(H,20,23)(H,21,24)/t14-,17-/m1/s1. The Bertz CT molecular complexity index is 721. The molecule has 2 N–H and O–H groups in total. The van der Waals surface area contributed by atoms with Crippen LogP contribution in [0.4, 0.5) is 0 Å². The van der Waals surface area contributed by atoms with Gasteiger partial charge in [-0.3, -0.25) is 14.5 Å². The van der Waals surface area contributed by atoms with Crippen LogP contribution >= 0.6 is 0 Å². The van der Waals surface area contributed by atoms with Gasteiger partial charge in [0, 0.05) is 38.4 Å². The van der Waals surface area contributed by atoms with Crippen molar-refractivity contribution in [2.45, 2.75) is 20.0 Å². The number of hydrogen-bond donors (Lipinski definition) is 2. The Hall–Kier alpha value is -2.40. The number of carbonyl (C=O) groups excluding carboxylic acids is 1. The summed E-state index contributed by atoms with van der Waals surface area (Å²) >= 11 is 0. The maximum absolute atomic E-state index is 12.5. The summed E-state index contributed by atoms with van der Waals surface area (Å²) in [6, 6.07) is 13.6. The van der Waals surface area contributed by atoms with Crippen LogP contribution < -0.4 is 10.9 Å². The molecule has 1 aliphatic heterocycles. The number of nitrogens with one attached hydrogen (secondary N) is 2. The van der Waals surface area contributed by atoms with Crippen LogP contribution in [0, 0.1) is 11.8 Å². The van der Waals surface area contributed by atoms with Gasteiger partial charge in [0.1, 0.15) is 0 Å². The van der Waals surface area contributed by atoms with E-state index >= 15 is 0 Å². The van der Waals surface area contributed by atoms with E-state index in [1.54, 1.807) is 12.3 Å². The molecule has 126 valence electrons. The number of H-pyrrole nitrogens is 1. The maximum atomic E-state index is 12.5. The van der Waals surface area contributed by atoms with Gasteiger partial charge < -0.3 is 10.3 Å². The molecule has 2 heterocycles. The molecule has 5 nitrogen and oxygen atoms in total. The molecule has 0 unspecified atom stereocenters. The SMILES string of the molecule is C[C@@H]1CN(Cc2ccccc2)C[C@H]1C(=O)NCc1ccc(=O)[nH]c1. The van der Waals surface area contributed by atoms with Crippen LogP contribution in [0.3, 0.4) is 0 Å². The summed E-state index contributed by atoms with van der Waals surface area (Å²) < 4.78 is 0. The average Bonchev–Trinajstić information content (AvgIpc) is 2.95. The van der Waals surface area contributed by atoms with Crippen LogP contribution in [0.2, 0.25) is 0 Å². The summed E-state index contributed by atoms with van der Waals surface area (Å²) in [7, 11) is 0. The summed E-state index contributed by atoms with van der Waals surface area (Å²) in [5.41, 5.74) is 2.04. The first kappa shape index (κ1) is 16.5. The number of pyridine rings is 1. The van der Waals surface area contributed by atoms with Crippen molar-refractivity contribution >= 4 is 5.91 Å². The zero-order chi connectivity index (χ0) is 16.9. The van der Waals surface area contributed by atoms with Crippen molar-refractivity contribution in [3.8, 4) is 0 Å². The van der Waals surface area contributed by atoms with Crippen LogP contribution in [0.15, 0.2) is 53.5 Å². The molecule has 1 fully saturated rings. The lowest BCUT2D eigenvalue weighted by atomic mass is 9.97. The molecule has 1 aliphatic rings. The van der Waals surface area contributed by atoms with Crippen LogP contribution in [0.5, 0.6) is 0 Å². The van der Waals surface area contributed by atoms with E-state index in [2.05, 4.69) is 34.3 Å². The molecule has 0 saturated carbocycles. The smallest absolute Gasteiger partial charge is 0.247 e. The van der Waals surface area contributed by atoms with E-state index in [1.165, 1.54) is 11.6 Å². The quantitative estimate of drug-likeness (QED) is 0.880. The Morgan fingerprint density at radius 1 is 1.17 bits per heavy atom. The molecule has 0 aliphatic carbocycles. The third-order valence-corrected chi connectivity index (χ3v) is 4.59. The Balaban J connectivity index is 1.53. The van der Waals surface area contributed by atoms with E-state index in [-0.39, 0.29) is 17.4 Å². The first-order valence-corrected chi connectivity index (χ1v) is 8.33. The number of likely N-dealkylation sites (tertiary alicyclic amines) is 1. The molecular formula is C19H23N3O2. The van der Waals surface area contributed by atoms with Gasteiger partial charge >= 0.3 is 0 Å². The Morgan fingerprint density at radius 2 is 1.96 bits per heavy atom. The predicted octanol–water partition coefficient (Wildman–Crippen LogP) is 1.76. The van der Waals surface area contributed by atoms with E-state index in [4.69, 9.17) is 0 Å². The van der Waals surface area contributed by atoms with Gasteiger partial charge in [0.05, 0.1) is 5.92 Å². The largest absolute Gasteiger partial charge is 0.352 e. The number of benzene rings is 1. The monoisotopic (exact) mass is 325 g/mol. The van der Waals surface area contributed by atoms with Crippen molar-refractivity contribution in [2.75, 3.05) is 13.1 Å². The zero-order valence-corrected chi connectivity index (χ0v) is 13.9. The van der Waals surface area contributed by atoms with E-state index < -0.39 is 0 Å². The molecule has 1 aromatic heterocycles. The third kappa shape index (κ3) is 4.11. The molecule has 5 heteroatoms. The topological polar surface area (TPSA) is 65.2 Å². The third-order valence-electron chi connectivity index (χ3n) is 4.59. The Kier molecular flexibility index (Phi) is 5.11. The second-order valence-corrected chi connectivity index (χ2v) is 6.54. The van der Waals surface area contributed by atoms with E-state index in [9.17, 15) is 9.59 Å². The van der Waals surface area contributed by atoms with Crippen molar-refractivity contribution in [3.63, 3.8) is 0 Å². The van der Waals surface area contributed by atoms with Gasteiger partial charge in [-0.1, -0.05) is 43.3 Å². The number of aromatic nitrogens is 1. The zero-order valence-electron chi connectivity index (χ0n) is 13.9. The fourth-order valence-electron chi connectivity index (χ4n) is 3.25. The minimum Gasteiger partial charge on any atom is -0.352 e. The predicted molar refractivity (Wildman–Crippen MR) is 93.3 cm³/mol. The summed E-state index contributed by atoms with van der Waals surface area (Å²) in [6.45, 7) is 5.18. The van der Waals surface area contributed by atoms with Gasteiger partial charge in [0.25, 0.3) is 0 Å². The minimum atomic E-state index is -0.133. The molecular weight excluding hydrogens is 302 g/mol. The highest BCUT2D eigenvalue weighted by Gasteiger charge is 2.34. The minimum absolute atomic E-state index is 0.0106. The molecule has 1 aromatic carbocycles. The average molecular weight is 325 g/mol. The number of carbonyl (C=O) groups is 1. The molecule has 1 saturated heterocycles. The van der Waals surface area contributed by atoms with Crippen molar-refractivity contribution in [2.24, 2.45) is 11.8 Å². The number of rotatable bonds is 5. The van der Waals surface area contributed by atoms with Gasteiger partial charge in [-0.05, 0) is 17.0 Å². The summed E-state index contributed by atoms with van der Waals surface area (Å²) in [5.74, 6) is 0.435. The highest BCUT2D eigenvalue weighted by molar-refractivity contribution is 5.79. The lowest BCUT2D eigenvalue weighted by Gasteiger charge is -2.16. The lowest BCUT2D eigenvalue weighted by molar-refractivity contribution is -0.125. The van der Waals surface area contributed by atoms with Crippen molar-refractivity contribution in [1.29, 1.82) is 0 Å². The van der Waals surface area contributed by atoms with Gasteiger partial charge in [0.2, 0.25) is 11.5 Å². The van der Waals surface area contributed by atoms with E-state index in [1.807, 2.05) is 18.2 Å². The molecule has 24 heavy (non-hydrogen) atoms. The van der Waals surface area contributed by atoms with Gasteiger partial charge in [-0.15, -0.1) is 0 Å². The van der Waals surface area contributed by atoms with E-state index in [0.717, 1.165) is 25.2 Å². The van der Waals surface area contributed by atoms with E-state index in [0.29, 0.717) is 12.5 Å². The molecule has 0 spiro atoms. The number of amides is 1. The molecule has 2 aromatic rings. The van der Waals surface area contributed by atoms with Gasteiger partial charge in [0.15, 0.2) is 0 Å². The van der Waals surface area contributed by atoms with Crippen LogP contribution in [-0.4, -0.2) is 28.9 Å². The Morgan fingerprint density at radius 3 is 2.67 bits per heavy atom. The summed E-state index contributed by atoms with van der Waals surface area (Å²) in [6.07, 6.45) is 1.64. The van der Waals surface area contributed by atoms with Crippen molar-refractivity contribution in [1.82, 2.24) is 15.2 Å². The van der Waals surface area contributed by atoms with Gasteiger partial charge in [-0.2, -0.15) is 0 Å². The summed E-state index contributed by atoms with van der Waals surface area (Å²) in [5, 5.41) is 2.99. The molecule has 1 amide bonds. The number of nitrogens with zero attached hydrogens (tertiary/aromatic N) is 1. The highest BCUT2D eigenvalue weighted by Crippen LogP contribution is 2.24. The molecule has 0 radical (unpaired) electrons. The van der Waals surface area contributed by atoms with Crippen molar-refractivity contribution in [3.05, 3.63) is 70.1 Å².